The summed E-state index contributed by atoms with van der Waals surface area (Å²) in [4.78, 5) is 8.38. The van der Waals surface area contributed by atoms with E-state index in [0.717, 1.165) is 24.5 Å². The summed E-state index contributed by atoms with van der Waals surface area (Å²) in [7, 11) is 0. The van der Waals surface area contributed by atoms with E-state index in [0.29, 0.717) is 17.8 Å². The molecule has 1 aromatic heterocycles. The van der Waals surface area contributed by atoms with Crippen LogP contribution >= 0.6 is 0 Å². The molecule has 0 radical (unpaired) electrons. The van der Waals surface area contributed by atoms with Crippen molar-refractivity contribution in [3.8, 4) is 0 Å². The minimum absolute atomic E-state index is 0.282. The Bertz CT molecular complexity index is 398. The number of aryl methyl sites for hydroxylation is 1. The molecule has 1 aliphatic carbocycles. The highest BCUT2D eigenvalue weighted by Gasteiger charge is 2.26. The zero-order valence-corrected chi connectivity index (χ0v) is 10.7. The second-order valence-corrected chi connectivity index (χ2v) is 4.88. The topological polar surface area (TPSA) is 96.1 Å². The fourth-order valence-corrected chi connectivity index (χ4v) is 2.58. The molecular weight excluding hydrogens is 230 g/mol. The number of nitrogens with one attached hydrogen (secondary N) is 2. The van der Waals surface area contributed by atoms with Crippen LogP contribution in [0.4, 0.5) is 11.8 Å². The molecule has 6 heteroatoms. The van der Waals surface area contributed by atoms with Crippen molar-refractivity contribution in [1.82, 2.24) is 9.97 Å². The maximum Gasteiger partial charge on any atom is 0.239 e. The lowest BCUT2D eigenvalue weighted by atomic mass is 9.97. The van der Waals surface area contributed by atoms with Gasteiger partial charge in [0.2, 0.25) is 5.95 Å². The van der Waals surface area contributed by atoms with E-state index >= 15 is 0 Å². The molecule has 100 valence electrons. The first-order chi connectivity index (χ1) is 8.72. The molecule has 5 N–H and O–H groups in total. The molecule has 2 atom stereocenters. The van der Waals surface area contributed by atoms with Crippen LogP contribution in [0.1, 0.15) is 25.0 Å². The van der Waals surface area contributed by atoms with Gasteiger partial charge in [-0.2, -0.15) is 4.98 Å². The number of nitrogens with two attached hydrogens (primary N) is 1. The molecule has 0 amide bonds. The quantitative estimate of drug-likeness (QED) is 0.458. The highest BCUT2D eigenvalue weighted by atomic mass is 16.3. The van der Waals surface area contributed by atoms with Gasteiger partial charge >= 0.3 is 0 Å². The number of hydrogen-bond acceptors (Lipinski definition) is 6. The number of hydrogen-bond donors (Lipinski definition) is 4. The Labute approximate surface area is 107 Å². The summed E-state index contributed by atoms with van der Waals surface area (Å²) in [6, 6.07) is 1.89. The Morgan fingerprint density at radius 1 is 1.39 bits per heavy atom. The van der Waals surface area contributed by atoms with E-state index in [1.165, 1.54) is 12.8 Å². The van der Waals surface area contributed by atoms with Gasteiger partial charge < -0.3 is 10.4 Å². The van der Waals surface area contributed by atoms with Gasteiger partial charge in [-0.05, 0) is 31.6 Å². The normalized spacial score (nSPS) is 23.1. The van der Waals surface area contributed by atoms with E-state index in [2.05, 4.69) is 20.7 Å². The molecular formula is C12H21N5O. The molecule has 6 nitrogen and oxygen atoms in total. The smallest absolute Gasteiger partial charge is 0.239 e. The molecule has 1 fully saturated rings. The van der Waals surface area contributed by atoms with E-state index in [-0.39, 0.29) is 6.61 Å². The Morgan fingerprint density at radius 2 is 2.17 bits per heavy atom. The summed E-state index contributed by atoms with van der Waals surface area (Å²) in [5, 5.41) is 12.6. The van der Waals surface area contributed by atoms with Gasteiger partial charge in [0.1, 0.15) is 5.82 Å². The summed E-state index contributed by atoms with van der Waals surface area (Å²) in [5.41, 5.74) is 3.32. The number of anilines is 2. The van der Waals surface area contributed by atoms with Crippen molar-refractivity contribution in [2.75, 3.05) is 23.9 Å². The van der Waals surface area contributed by atoms with Crippen molar-refractivity contribution in [3.63, 3.8) is 0 Å². The fraction of sp³-hybridized carbons (Fsp3) is 0.667. The van der Waals surface area contributed by atoms with Crippen LogP contribution < -0.4 is 16.6 Å². The van der Waals surface area contributed by atoms with Crippen LogP contribution in [0.5, 0.6) is 0 Å². The molecule has 0 saturated heterocycles. The molecule has 2 unspecified atom stereocenters. The average molecular weight is 251 g/mol. The van der Waals surface area contributed by atoms with Gasteiger partial charge in [0.15, 0.2) is 0 Å². The van der Waals surface area contributed by atoms with Gasteiger partial charge in [0.25, 0.3) is 0 Å². The fourth-order valence-electron chi connectivity index (χ4n) is 2.58. The van der Waals surface area contributed by atoms with Crippen LogP contribution in [0.2, 0.25) is 0 Å². The molecule has 0 aromatic carbocycles. The van der Waals surface area contributed by atoms with Gasteiger partial charge in [0.05, 0.1) is 0 Å². The number of aliphatic hydroxyl groups excluding tert-OH is 1. The average Bonchev–Trinajstić information content (AvgIpc) is 2.83. The molecule has 0 spiro atoms. The summed E-state index contributed by atoms with van der Waals surface area (Å²) >= 11 is 0. The van der Waals surface area contributed by atoms with Crippen LogP contribution in [0.15, 0.2) is 6.07 Å². The molecule has 0 aliphatic heterocycles. The van der Waals surface area contributed by atoms with E-state index in [4.69, 9.17) is 5.84 Å². The monoisotopic (exact) mass is 251 g/mol. The Morgan fingerprint density at radius 3 is 2.89 bits per heavy atom. The van der Waals surface area contributed by atoms with E-state index in [1.807, 2.05) is 13.0 Å². The van der Waals surface area contributed by atoms with Crippen molar-refractivity contribution in [3.05, 3.63) is 11.8 Å². The third-order valence-corrected chi connectivity index (χ3v) is 3.58. The van der Waals surface area contributed by atoms with E-state index < -0.39 is 0 Å². The first-order valence-corrected chi connectivity index (χ1v) is 6.40. The number of rotatable bonds is 5. The Hall–Kier alpha value is -1.40. The predicted octanol–water partition coefficient (Wildman–Crippen LogP) is 0.891. The molecule has 18 heavy (non-hydrogen) atoms. The second-order valence-electron chi connectivity index (χ2n) is 4.88. The lowest BCUT2D eigenvalue weighted by Gasteiger charge is -2.18. The lowest BCUT2D eigenvalue weighted by Crippen LogP contribution is -2.21. The number of aromatic nitrogens is 2. The molecule has 2 rings (SSSR count). The standard InChI is InChI=1S/C12H21N5O/c1-8-5-11(16-12(15-8)17-13)14-6-9-3-2-4-10(9)7-18/h5,9-10,18H,2-4,6-7,13H2,1H3,(H2,14,15,16,17). The molecule has 1 aromatic rings. The molecule has 1 heterocycles. The lowest BCUT2D eigenvalue weighted by molar-refractivity contribution is 0.199. The summed E-state index contributed by atoms with van der Waals surface area (Å²) < 4.78 is 0. The summed E-state index contributed by atoms with van der Waals surface area (Å²) in [5.74, 6) is 7.46. The highest BCUT2D eigenvalue weighted by molar-refractivity contribution is 5.41. The van der Waals surface area contributed by atoms with Gasteiger partial charge in [-0.3, -0.25) is 5.43 Å². The van der Waals surface area contributed by atoms with Crippen molar-refractivity contribution < 1.29 is 5.11 Å². The third kappa shape index (κ3) is 3.08. The predicted molar refractivity (Wildman–Crippen MR) is 71.0 cm³/mol. The number of nitrogens with zero attached hydrogens (tertiary/aromatic N) is 2. The second kappa shape index (κ2) is 5.97. The van der Waals surface area contributed by atoms with Gasteiger partial charge in [-0.15, -0.1) is 0 Å². The Kier molecular flexibility index (Phi) is 4.33. The zero-order valence-electron chi connectivity index (χ0n) is 10.7. The summed E-state index contributed by atoms with van der Waals surface area (Å²) in [6.45, 7) is 3.02. The largest absolute Gasteiger partial charge is 0.396 e. The third-order valence-electron chi connectivity index (χ3n) is 3.58. The van der Waals surface area contributed by atoms with Crippen molar-refractivity contribution in [2.45, 2.75) is 26.2 Å². The first-order valence-electron chi connectivity index (χ1n) is 6.40. The maximum atomic E-state index is 9.28. The van der Waals surface area contributed by atoms with Crippen LogP contribution in [0.25, 0.3) is 0 Å². The van der Waals surface area contributed by atoms with Crippen LogP contribution in [0.3, 0.4) is 0 Å². The van der Waals surface area contributed by atoms with Crippen molar-refractivity contribution >= 4 is 11.8 Å². The minimum Gasteiger partial charge on any atom is -0.396 e. The van der Waals surface area contributed by atoms with Crippen molar-refractivity contribution in [1.29, 1.82) is 0 Å². The van der Waals surface area contributed by atoms with Crippen LogP contribution in [0, 0.1) is 18.8 Å². The van der Waals surface area contributed by atoms with E-state index in [9.17, 15) is 5.11 Å². The van der Waals surface area contributed by atoms with Gasteiger partial charge in [0, 0.05) is 24.9 Å². The maximum absolute atomic E-state index is 9.28. The summed E-state index contributed by atoms with van der Waals surface area (Å²) in [6.07, 6.45) is 3.50. The highest BCUT2D eigenvalue weighted by Crippen LogP contribution is 2.31. The van der Waals surface area contributed by atoms with Crippen LogP contribution in [-0.2, 0) is 0 Å². The number of hydrazine groups is 1. The van der Waals surface area contributed by atoms with E-state index in [1.54, 1.807) is 0 Å². The van der Waals surface area contributed by atoms with Crippen LogP contribution in [-0.4, -0.2) is 28.2 Å². The number of aliphatic hydroxyl groups is 1. The van der Waals surface area contributed by atoms with Gasteiger partial charge in [-0.25, -0.2) is 10.8 Å². The molecule has 1 aliphatic rings. The number of nitrogen functional groups attached to an aromatic ring is 1. The van der Waals surface area contributed by atoms with Gasteiger partial charge in [-0.1, -0.05) is 6.42 Å². The molecule has 0 bridgehead atoms. The SMILES string of the molecule is Cc1cc(NCC2CCCC2CO)nc(NN)n1. The first kappa shape index (κ1) is 13.0. The van der Waals surface area contributed by atoms with Crippen molar-refractivity contribution in [2.24, 2.45) is 17.7 Å². The minimum atomic E-state index is 0.282. The molecule has 1 saturated carbocycles. The Balaban J connectivity index is 1.95. The zero-order chi connectivity index (χ0) is 13.0.